The first-order valence-electron chi connectivity index (χ1n) is 7.32. The zero-order chi connectivity index (χ0) is 17.5. The molecule has 2 aromatic rings. The van der Waals surface area contributed by atoms with Crippen molar-refractivity contribution in [2.75, 3.05) is 20.2 Å². The normalized spacial score (nSPS) is 10.2. The highest BCUT2D eigenvalue weighted by atomic mass is 19.1. The summed E-state index contributed by atoms with van der Waals surface area (Å²) >= 11 is 0. The van der Waals surface area contributed by atoms with Gasteiger partial charge in [0.2, 0.25) is 5.91 Å². The highest BCUT2D eigenvalue weighted by Crippen LogP contribution is 2.19. The van der Waals surface area contributed by atoms with Gasteiger partial charge in [0.25, 0.3) is 5.69 Å². The van der Waals surface area contributed by atoms with Gasteiger partial charge in [0, 0.05) is 18.7 Å². The number of benzene rings is 2. The van der Waals surface area contributed by atoms with E-state index in [-0.39, 0.29) is 36.9 Å². The van der Waals surface area contributed by atoms with Crippen molar-refractivity contribution in [2.24, 2.45) is 0 Å². The lowest BCUT2D eigenvalue weighted by Gasteiger charge is -2.17. The molecule has 7 heteroatoms. The Morgan fingerprint density at radius 3 is 2.58 bits per heavy atom. The molecule has 2 rings (SSSR count). The van der Waals surface area contributed by atoms with Crippen molar-refractivity contribution >= 4 is 11.6 Å². The van der Waals surface area contributed by atoms with Crippen LogP contribution < -0.4 is 4.74 Å². The van der Waals surface area contributed by atoms with Crippen LogP contribution in [0.1, 0.15) is 5.56 Å². The number of ether oxygens (including phenoxy) is 1. The van der Waals surface area contributed by atoms with Crippen LogP contribution in [0.4, 0.5) is 10.1 Å². The van der Waals surface area contributed by atoms with E-state index in [1.807, 2.05) is 0 Å². The molecule has 126 valence electrons. The third-order valence-electron chi connectivity index (χ3n) is 3.48. The summed E-state index contributed by atoms with van der Waals surface area (Å²) in [5, 5.41) is 11.0. The molecule has 0 atom stereocenters. The second-order valence-electron chi connectivity index (χ2n) is 5.16. The Labute approximate surface area is 138 Å². The van der Waals surface area contributed by atoms with Crippen LogP contribution in [0, 0.1) is 15.9 Å². The molecule has 6 nitrogen and oxygen atoms in total. The highest BCUT2D eigenvalue weighted by Gasteiger charge is 2.17. The van der Waals surface area contributed by atoms with Crippen molar-refractivity contribution in [1.29, 1.82) is 0 Å². The third-order valence-corrected chi connectivity index (χ3v) is 3.48. The van der Waals surface area contributed by atoms with Crippen molar-refractivity contribution in [2.45, 2.75) is 6.42 Å². The van der Waals surface area contributed by atoms with Gasteiger partial charge in [-0.25, -0.2) is 4.39 Å². The molecule has 0 heterocycles. The van der Waals surface area contributed by atoms with E-state index in [4.69, 9.17) is 4.74 Å². The predicted octanol–water partition coefficient (Wildman–Crippen LogP) is 2.81. The zero-order valence-corrected chi connectivity index (χ0v) is 13.1. The zero-order valence-electron chi connectivity index (χ0n) is 13.1. The Kier molecular flexibility index (Phi) is 5.83. The van der Waals surface area contributed by atoms with Gasteiger partial charge in [0.15, 0.2) is 11.6 Å². The lowest BCUT2D eigenvalue weighted by molar-refractivity contribution is -0.385. The van der Waals surface area contributed by atoms with Crippen LogP contribution in [0.15, 0.2) is 48.5 Å². The number of hydrogen-bond donors (Lipinski definition) is 0. The first-order valence-corrected chi connectivity index (χ1v) is 7.32. The van der Waals surface area contributed by atoms with E-state index in [2.05, 4.69) is 0 Å². The van der Waals surface area contributed by atoms with Crippen LogP contribution in [0.2, 0.25) is 0 Å². The Balaban J connectivity index is 1.89. The van der Waals surface area contributed by atoms with Crippen molar-refractivity contribution < 1.29 is 18.8 Å². The first-order chi connectivity index (χ1) is 11.5. The second-order valence-corrected chi connectivity index (χ2v) is 5.16. The molecule has 0 spiro atoms. The van der Waals surface area contributed by atoms with E-state index in [9.17, 15) is 19.3 Å². The van der Waals surface area contributed by atoms with E-state index >= 15 is 0 Å². The molecular formula is C17H17FN2O4. The number of nitro groups is 1. The molecule has 0 aliphatic heterocycles. The van der Waals surface area contributed by atoms with Gasteiger partial charge in [-0.05, 0) is 12.1 Å². The third kappa shape index (κ3) is 4.52. The molecular weight excluding hydrogens is 315 g/mol. The van der Waals surface area contributed by atoms with E-state index in [0.29, 0.717) is 5.56 Å². The van der Waals surface area contributed by atoms with Crippen molar-refractivity contribution in [3.8, 4) is 5.75 Å². The monoisotopic (exact) mass is 332 g/mol. The van der Waals surface area contributed by atoms with E-state index in [1.54, 1.807) is 37.4 Å². The molecule has 0 saturated carbocycles. The van der Waals surface area contributed by atoms with Crippen LogP contribution in [0.3, 0.4) is 0 Å². The summed E-state index contributed by atoms with van der Waals surface area (Å²) in [6.07, 6.45) is -0.0760. The number of likely N-dealkylation sites (N-methyl/N-ethyl adjacent to an activating group) is 1. The maximum Gasteiger partial charge on any atom is 0.273 e. The van der Waals surface area contributed by atoms with Gasteiger partial charge in [0.1, 0.15) is 6.61 Å². The Morgan fingerprint density at radius 2 is 1.88 bits per heavy atom. The Hall–Kier alpha value is -2.96. The summed E-state index contributed by atoms with van der Waals surface area (Å²) in [6.45, 7) is 0.369. The number of hydrogen-bond acceptors (Lipinski definition) is 4. The average Bonchev–Trinajstić information content (AvgIpc) is 2.56. The molecule has 0 saturated heterocycles. The minimum absolute atomic E-state index is 0.0760. The number of carbonyl (C=O) groups is 1. The molecule has 0 aliphatic carbocycles. The number of nitro benzene ring substituents is 1. The molecule has 0 aliphatic rings. The van der Waals surface area contributed by atoms with Gasteiger partial charge in [-0.1, -0.05) is 30.3 Å². The predicted molar refractivity (Wildman–Crippen MR) is 86.3 cm³/mol. The van der Waals surface area contributed by atoms with E-state index in [0.717, 1.165) is 0 Å². The standard InChI is InChI=1S/C17H17FN2O4/c1-19(10-11-24-16-9-5-3-7-14(16)18)17(21)12-13-6-2-4-8-15(13)20(22)23/h2-9H,10-12H2,1H3. The largest absolute Gasteiger partial charge is 0.489 e. The fourth-order valence-corrected chi connectivity index (χ4v) is 2.12. The fraction of sp³-hybridized carbons (Fsp3) is 0.235. The molecule has 2 aromatic carbocycles. The summed E-state index contributed by atoms with van der Waals surface area (Å²) in [7, 11) is 1.57. The topological polar surface area (TPSA) is 72.7 Å². The maximum atomic E-state index is 13.4. The molecule has 1 amide bonds. The van der Waals surface area contributed by atoms with Gasteiger partial charge in [-0.2, -0.15) is 0 Å². The van der Waals surface area contributed by atoms with Crippen LogP contribution in [-0.4, -0.2) is 35.9 Å². The van der Waals surface area contributed by atoms with Gasteiger partial charge >= 0.3 is 0 Å². The first kappa shape index (κ1) is 17.4. The van der Waals surface area contributed by atoms with Gasteiger partial charge in [0.05, 0.1) is 17.9 Å². The van der Waals surface area contributed by atoms with Crippen molar-refractivity contribution in [3.05, 3.63) is 70.0 Å². The second kappa shape index (κ2) is 8.05. The minimum Gasteiger partial charge on any atom is -0.489 e. The average molecular weight is 332 g/mol. The molecule has 0 unspecified atom stereocenters. The maximum absolute atomic E-state index is 13.4. The minimum atomic E-state index is -0.510. The summed E-state index contributed by atoms with van der Waals surface area (Å²) in [6, 6.07) is 12.1. The van der Waals surface area contributed by atoms with Crippen LogP contribution in [0.25, 0.3) is 0 Å². The highest BCUT2D eigenvalue weighted by molar-refractivity contribution is 5.79. The van der Waals surface area contributed by atoms with Crippen molar-refractivity contribution in [1.82, 2.24) is 4.90 Å². The number of rotatable bonds is 7. The van der Waals surface area contributed by atoms with Crippen molar-refractivity contribution in [3.63, 3.8) is 0 Å². The molecule has 0 aromatic heterocycles. The van der Waals surface area contributed by atoms with Gasteiger partial charge in [-0.3, -0.25) is 14.9 Å². The Bertz CT molecular complexity index is 736. The van der Waals surface area contributed by atoms with Crippen LogP contribution in [0.5, 0.6) is 5.75 Å². The number of carbonyl (C=O) groups excluding carboxylic acids is 1. The molecule has 0 bridgehead atoms. The van der Waals surface area contributed by atoms with Gasteiger partial charge < -0.3 is 9.64 Å². The summed E-state index contributed by atoms with van der Waals surface area (Å²) in [5.41, 5.74) is 0.274. The summed E-state index contributed by atoms with van der Waals surface area (Å²) in [5.74, 6) is -0.620. The number of nitrogens with zero attached hydrogens (tertiary/aromatic N) is 2. The quantitative estimate of drug-likeness (QED) is 0.577. The summed E-state index contributed by atoms with van der Waals surface area (Å²) < 4.78 is 18.7. The lowest BCUT2D eigenvalue weighted by atomic mass is 10.1. The molecule has 0 fully saturated rings. The number of halogens is 1. The molecule has 0 radical (unpaired) electrons. The molecule has 0 N–H and O–H groups in total. The smallest absolute Gasteiger partial charge is 0.273 e. The fourth-order valence-electron chi connectivity index (χ4n) is 2.12. The van der Waals surface area contributed by atoms with Crippen LogP contribution in [-0.2, 0) is 11.2 Å². The number of amides is 1. The SMILES string of the molecule is CN(CCOc1ccccc1F)C(=O)Cc1ccccc1[N+](=O)[O-]. The van der Waals surface area contributed by atoms with E-state index < -0.39 is 10.7 Å². The van der Waals surface area contributed by atoms with Gasteiger partial charge in [-0.15, -0.1) is 0 Å². The number of para-hydroxylation sites is 2. The van der Waals surface area contributed by atoms with E-state index in [1.165, 1.54) is 23.1 Å². The van der Waals surface area contributed by atoms with Crippen LogP contribution >= 0.6 is 0 Å². The molecule has 24 heavy (non-hydrogen) atoms. The lowest BCUT2D eigenvalue weighted by Crippen LogP contribution is -2.32. The Morgan fingerprint density at radius 1 is 1.21 bits per heavy atom. The summed E-state index contributed by atoms with van der Waals surface area (Å²) in [4.78, 5) is 24.0.